The molecule has 2 aliphatic rings. The largest absolute Gasteiger partial charge is 0.384 e. The van der Waals surface area contributed by atoms with Gasteiger partial charge in [0, 0.05) is 30.9 Å². The van der Waals surface area contributed by atoms with Gasteiger partial charge in [-0.1, -0.05) is 0 Å². The second kappa shape index (κ2) is 3.22. The van der Waals surface area contributed by atoms with Gasteiger partial charge in [-0.25, -0.2) is 0 Å². The van der Waals surface area contributed by atoms with Crippen LogP contribution in [0.1, 0.15) is 6.42 Å². The van der Waals surface area contributed by atoms with Gasteiger partial charge in [-0.3, -0.25) is 4.79 Å². The van der Waals surface area contributed by atoms with E-state index in [1.807, 2.05) is 6.08 Å². The molecule has 4 heteroatoms. The van der Waals surface area contributed by atoms with Gasteiger partial charge in [0.25, 0.3) is 0 Å². The van der Waals surface area contributed by atoms with Crippen molar-refractivity contribution in [2.24, 2.45) is 5.73 Å². The van der Waals surface area contributed by atoms with Crippen LogP contribution in [0.4, 0.5) is 0 Å². The van der Waals surface area contributed by atoms with Crippen molar-refractivity contribution < 1.29 is 4.79 Å². The third kappa shape index (κ3) is 1.58. The molecular weight excluding hydrogens is 166 g/mol. The predicted octanol–water partition coefficient (Wildman–Crippen LogP) is -0.751. The van der Waals surface area contributed by atoms with Crippen LogP contribution in [0.5, 0.6) is 0 Å². The molecule has 0 aromatic carbocycles. The van der Waals surface area contributed by atoms with E-state index < -0.39 is 0 Å². The van der Waals surface area contributed by atoms with Crippen molar-refractivity contribution in [3.63, 3.8) is 0 Å². The third-order valence-corrected chi connectivity index (χ3v) is 2.41. The van der Waals surface area contributed by atoms with Gasteiger partial charge >= 0.3 is 0 Å². The first kappa shape index (κ1) is 8.31. The van der Waals surface area contributed by atoms with Crippen molar-refractivity contribution >= 4 is 5.91 Å². The lowest BCUT2D eigenvalue weighted by Crippen LogP contribution is -2.35. The summed E-state index contributed by atoms with van der Waals surface area (Å²) in [6.07, 6.45) is 2.91. The summed E-state index contributed by atoms with van der Waals surface area (Å²) in [6, 6.07) is 0. The minimum atomic E-state index is -0.329. The number of primary amides is 1. The topological polar surface area (TPSA) is 67.2 Å². The molecule has 1 amide bonds. The second-order valence-electron chi connectivity index (χ2n) is 3.32. The molecule has 2 aliphatic heterocycles. The molecule has 13 heavy (non-hydrogen) atoms. The second-order valence-corrected chi connectivity index (χ2v) is 3.32. The van der Waals surface area contributed by atoms with Crippen LogP contribution < -0.4 is 16.4 Å². The van der Waals surface area contributed by atoms with E-state index in [-0.39, 0.29) is 5.91 Å². The van der Waals surface area contributed by atoms with E-state index in [4.69, 9.17) is 5.73 Å². The summed E-state index contributed by atoms with van der Waals surface area (Å²) in [5, 5.41) is 6.47. The third-order valence-electron chi connectivity index (χ3n) is 2.41. The normalized spacial score (nSPS) is 21.7. The molecular formula is C9H13N3O. The fourth-order valence-electron chi connectivity index (χ4n) is 1.67. The lowest BCUT2D eigenvalue weighted by molar-refractivity contribution is -0.114. The molecule has 0 radical (unpaired) electrons. The molecule has 0 aromatic rings. The number of amides is 1. The maximum atomic E-state index is 10.9. The molecule has 2 rings (SSSR count). The van der Waals surface area contributed by atoms with Crippen LogP contribution in [0.15, 0.2) is 22.9 Å². The summed E-state index contributed by atoms with van der Waals surface area (Å²) in [5.74, 6) is -0.329. The van der Waals surface area contributed by atoms with Gasteiger partial charge in [-0.2, -0.15) is 0 Å². The molecule has 0 atom stereocenters. The van der Waals surface area contributed by atoms with Crippen molar-refractivity contribution in [2.75, 3.05) is 19.6 Å². The summed E-state index contributed by atoms with van der Waals surface area (Å²) in [4.78, 5) is 10.9. The molecule has 0 unspecified atom stereocenters. The highest BCUT2D eigenvalue weighted by atomic mass is 16.1. The first-order valence-corrected chi connectivity index (χ1v) is 4.44. The van der Waals surface area contributed by atoms with Crippen LogP contribution in [0.3, 0.4) is 0 Å². The standard InChI is InChI=1S/C9H13N3O/c10-9(13)7-3-6-4-11-2-1-8(6)12-5-7/h3,11-12H,1-2,4-5H2,(H2,10,13). The Labute approximate surface area is 76.9 Å². The van der Waals surface area contributed by atoms with Gasteiger partial charge < -0.3 is 16.4 Å². The number of dihydropyridines is 1. The molecule has 4 nitrogen and oxygen atoms in total. The highest BCUT2D eigenvalue weighted by Gasteiger charge is 2.17. The van der Waals surface area contributed by atoms with Gasteiger partial charge in [0.2, 0.25) is 5.91 Å². The number of nitrogens with two attached hydrogens (primary N) is 1. The summed E-state index contributed by atoms with van der Waals surface area (Å²) >= 11 is 0. The van der Waals surface area contributed by atoms with E-state index in [2.05, 4.69) is 10.6 Å². The maximum absolute atomic E-state index is 10.9. The highest BCUT2D eigenvalue weighted by molar-refractivity contribution is 5.93. The lowest BCUT2D eigenvalue weighted by Gasteiger charge is -2.25. The number of carbonyl (C=O) groups is 1. The van der Waals surface area contributed by atoms with Crippen LogP contribution in [-0.4, -0.2) is 25.5 Å². The van der Waals surface area contributed by atoms with Crippen molar-refractivity contribution in [1.82, 2.24) is 10.6 Å². The molecule has 4 N–H and O–H groups in total. The molecule has 0 fully saturated rings. The van der Waals surface area contributed by atoms with E-state index in [0.717, 1.165) is 19.5 Å². The van der Waals surface area contributed by atoms with E-state index in [0.29, 0.717) is 12.1 Å². The van der Waals surface area contributed by atoms with E-state index >= 15 is 0 Å². The summed E-state index contributed by atoms with van der Waals surface area (Å²) in [7, 11) is 0. The Balaban J connectivity index is 2.25. The van der Waals surface area contributed by atoms with Gasteiger partial charge in [0.15, 0.2) is 0 Å². The monoisotopic (exact) mass is 179 g/mol. The van der Waals surface area contributed by atoms with Crippen LogP contribution in [0.25, 0.3) is 0 Å². The number of rotatable bonds is 1. The van der Waals surface area contributed by atoms with Gasteiger partial charge in [0.1, 0.15) is 0 Å². The van der Waals surface area contributed by atoms with Crippen LogP contribution in [0, 0.1) is 0 Å². The Morgan fingerprint density at radius 2 is 2.31 bits per heavy atom. The molecule has 0 saturated carbocycles. The van der Waals surface area contributed by atoms with Gasteiger partial charge in [-0.05, 0) is 18.1 Å². The van der Waals surface area contributed by atoms with Gasteiger partial charge in [-0.15, -0.1) is 0 Å². The fourth-order valence-corrected chi connectivity index (χ4v) is 1.67. The Morgan fingerprint density at radius 1 is 1.46 bits per heavy atom. The number of carbonyl (C=O) groups excluding carboxylic acids is 1. The Bertz CT molecular complexity index is 304. The quantitative estimate of drug-likeness (QED) is 0.496. The van der Waals surface area contributed by atoms with Crippen LogP contribution >= 0.6 is 0 Å². The zero-order valence-electron chi connectivity index (χ0n) is 7.39. The number of nitrogens with one attached hydrogen (secondary N) is 2. The molecule has 0 saturated heterocycles. The molecule has 0 bridgehead atoms. The van der Waals surface area contributed by atoms with Crippen molar-refractivity contribution in [3.8, 4) is 0 Å². The molecule has 0 spiro atoms. The van der Waals surface area contributed by atoms with Crippen LogP contribution in [0.2, 0.25) is 0 Å². The lowest BCUT2D eigenvalue weighted by atomic mass is 10.0. The minimum absolute atomic E-state index is 0.329. The van der Waals surface area contributed by atoms with Crippen molar-refractivity contribution in [2.45, 2.75) is 6.42 Å². The zero-order chi connectivity index (χ0) is 9.26. The highest BCUT2D eigenvalue weighted by Crippen LogP contribution is 2.16. The van der Waals surface area contributed by atoms with Crippen LogP contribution in [-0.2, 0) is 4.79 Å². The van der Waals surface area contributed by atoms with Gasteiger partial charge in [0.05, 0.1) is 0 Å². The summed E-state index contributed by atoms with van der Waals surface area (Å²) in [6.45, 7) is 2.42. The molecule has 2 heterocycles. The maximum Gasteiger partial charge on any atom is 0.246 e. The summed E-state index contributed by atoms with van der Waals surface area (Å²) < 4.78 is 0. The average molecular weight is 179 g/mol. The zero-order valence-corrected chi connectivity index (χ0v) is 7.39. The Hall–Kier alpha value is -1.29. The Morgan fingerprint density at radius 3 is 3.08 bits per heavy atom. The average Bonchev–Trinajstić information content (AvgIpc) is 2.17. The molecule has 0 aromatic heterocycles. The van der Waals surface area contributed by atoms with Crippen molar-refractivity contribution in [3.05, 3.63) is 22.9 Å². The van der Waals surface area contributed by atoms with E-state index in [1.165, 1.54) is 11.3 Å². The molecule has 70 valence electrons. The first-order valence-electron chi connectivity index (χ1n) is 4.44. The van der Waals surface area contributed by atoms with E-state index in [9.17, 15) is 4.79 Å². The fraction of sp³-hybridized carbons (Fsp3) is 0.444. The Kier molecular flexibility index (Phi) is 2.06. The number of hydrogen-bond acceptors (Lipinski definition) is 3. The smallest absolute Gasteiger partial charge is 0.246 e. The first-order chi connectivity index (χ1) is 6.27. The van der Waals surface area contributed by atoms with Crippen molar-refractivity contribution in [1.29, 1.82) is 0 Å². The summed E-state index contributed by atoms with van der Waals surface area (Å²) in [5.41, 5.74) is 8.29. The minimum Gasteiger partial charge on any atom is -0.384 e. The van der Waals surface area contributed by atoms with E-state index in [1.54, 1.807) is 0 Å². The SMILES string of the molecule is NC(=O)C1=CC2=C(CCNC2)NC1. The number of hydrogen-bond donors (Lipinski definition) is 3. The molecule has 0 aliphatic carbocycles. The predicted molar refractivity (Wildman–Crippen MR) is 49.8 cm³/mol.